The summed E-state index contributed by atoms with van der Waals surface area (Å²) in [5.41, 5.74) is -2.12. The number of ketones is 1. The third-order valence-electron chi connectivity index (χ3n) is 1.98. The first-order valence-corrected chi connectivity index (χ1v) is 3.11. The van der Waals surface area contributed by atoms with E-state index in [1.54, 1.807) is 0 Å². The minimum Gasteiger partial charge on any atom is -0.395 e. The van der Waals surface area contributed by atoms with Gasteiger partial charge in [0.05, 0.1) is 6.61 Å². The van der Waals surface area contributed by atoms with E-state index in [4.69, 9.17) is 5.11 Å². The van der Waals surface area contributed by atoms with Crippen LogP contribution >= 0.6 is 0 Å². The summed E-state index contributed by atoms with van der Waals surface area (Å²) in [6.07, 6.45) is -5.57. The second-order valence-electron chi connectivity index (χ2n) is 2.83. The molecule has 0 atom stereocenters. The van der Waals surface area contributed by atoms with Crippen LogP contribution in [-0.4, -0.2) is 23.7 Å². The Labute approximate surface area is 61.0 Å². The Hall–Kier alpha value is -0.580. The van der Waals surface area contributed by atoms with Gasteiger partial charge in [0.1, 0.15) is 11.2 Å². The van der Waals surface area contributed by atoms with E-state index in [1.807, 2.05) is 0 Å². The average Bonchev–Trinajstić information content (AvgIpc) is 1.77. The van der Waals surface area contributed by atoms with Gasteiger partial charge in [-0.2, -0.15) is 13.2 Å². The van der Waals surface area contributed by atoms with Gasteiger partial charge in [-0.05, 0) is 0 Å². The summed E-state index contributed by atoms with van der Waals surface area (Å²) in [6, 6.07) is 0. The lowest BCUT2D eigenvalue weighted by atomic mass is 9.68. The predicted octanol–water partition coefficient (Wildman–Crippen LogP) is 0.890. The normalized spacial score (nSPS) is 23.1. The number of Topliss-reactive ketones (excluding diaryl/α,β-unsaturated/α-hetero) is 1. The summed E-state index contributed by atoms with van der Waals surface area (Å²) in [5.74, 6) is -0.434. The Morgan fingerprint density at radius 1 is 1.45 bits per heavy atom. The largest absolute Gasteiger partial charge is 0.397 e. The summed E-state index contributed by atoms with van der Waals surface area (Å²) in [6.45, 7) is -0.984. The molecule has 0 aromatic heterocycles. The Bertz CT molecular complexity index is 177. The van der Waals surface area contributed by atoms with Crippen LogP contribution in [0.2, 0.25) is 0 Å². The van der Waals surface area contributed by atoms with Crippen LogP contribution in [0, 0.1) is 5.41 Å². The highest BCUT2D eigenvalue weighted by molar-refractivity contribution is 5.86. The zero-order valence-electron chi connectivity index (χ0n) is 5.61. The van der Waals surface area contributed by atoms with Crippen molar-refractivity contribution in [2.45, 2.75) is 19.0 Å². The van der Waals surface area contributed by atoms with Crippen molar-refractivity contribution in [3.63, 3.8) is 0 Å². The van der Waals surface area contributed by atoms with Crippen LogP contribution in [0.3, 0.4) is 0 Å². The molecule has 0 radical (unpaired) electrons. The van der Waals surface area contributed by atoms with Crippen LogP contribution in [0.1, 0.15) is 12.8 Å². The second kappa shape index (κ2) is 2.20. The second-order valence-corrected chi connectivity index (χ2v) is 2.83. The third-order valence-corrected chi connectivity index (χ3v) is 1.98. The van der Waals surface area contributed by atoms with E-state index in [1.165, 1.54) is 0 Å². The Balaban J connectivity index is 2.72. The lowest BCUT2D eigenvalue weighted by Crippen LogP contribution is -2.51. The molecule has 1 fully saturated rings. The van der Waals surface area contributed by atoms with Gasteiger partial charge in [0.15, 0.2) is 0 Å². The fourth-order valence-electron chi connectivity index (χ4n) is 1.10. The predicted molar refractivity (Wildman–Crippen MR) is 29.8 cm³/mol. The van der Waals surface area contributed by atoms with Gasteiger partial charge >= 0.3 is 6.18 Å². The van der Waals surface area contributed by atoms with Crippen LogP contribution in [0.25, 0.3) is 0 Å². The monoisotopic (exact) mass is 168 g/mol. The van der Waals surface area contributed by atoms with Crippen molar-refractivity contribution in [3.05, 3.63) is 0 Å². The Kier molecular flexibility index (Phi) is 1.70. The molecule has 0 saturated heterocycles. The number of carbonyl (C=O) groups is 1. The minimum atomic E-state index is -4.45. The molecule has 1 aliphatic rings. The first-order valence-electron chi connectivity index (χ1n) is 3.11. The number of rotatable bonds is 1. The number of alkyl halides is 3. The maximum absolute atomic E-state index is 12.0. The molecule has 0 aliphatic heterocycles. The molecule has 11 heavy (non-hydrogen) atoms. The lowest BCUT2D eigenvalue weighted by Gasteiger charge is -2.39. The standard InChI is InChI=1S/C6H7F3O2/c7-6(8,9)5(3-10)1-4(11)2-5/h10H,1-3H2. The summed E-state index contributed by atoms with van der Waals surface area (Å²) in [5, 5.41) is 8.42. The van der Waals surface area contributed by atoms with Gasteiger partial charge in [-0.25, -0.2) is 0 Å². The van der Waals surface area contributed by atoms with Crippen LogP contribution in [0.4, 0.5) is 13.2 Å². The van der Waals surface area contributed by atoms with Gasteiger partial charge in [-0.1, -0.05) is 0 Å². The summed E-state index contributed by atoms with van der Waals surface area (Å²) in [4.78, 5) is 10.3. The molecular weight excluding hydrogens is 161 g/mol. The van der Waals surface area contributed by atoms with Gasteiger partial charge in [0, 0.05) is 12.8 Å². The highest BCUT2D eigenvalue weighted by Crippen LogP contribution is 2.50. The molecule has 64 valence electrons. The van der Waals surface area contributed by atoms with Crippen molar-refractivity contribution in [1.29, 1.82) is 0 Å². The maximum Gasteiger partial charge on any atom is 0.397 e. The SMILES string of the molecule is O=C1CC(CO)(C(F)(F)F)C1. The van der Waals surface area contributed by atoms with E-state index >= 15 is 0 Å². The van der Waals surface area contributed by atoms with Crippen molar-refractivity contribution < 1.29 is 23.1 Å². The van der Waals surface area contributed by atoms with Crippen LogP contribution < -0.4 is 0 Å². The first kappa shape index (κ1) is 8.52. The Morgan fingerprint density at radius 3 is 2.00 bits per heavy atom. The van der Waals surface area contributed by atoms with Crippen molar-refractivity contribution in [2.24, 2.45) is 5.41 Å². The van der Waals surface area contributed by atoms with Gasteiger partial charge < -0.3 is 5.11 Å². The van der Waals surface area contributed by atoms with Crippen molar-refractivity contribution in [3.8, 4) is 0 Å². The number of aliphatic hydroxyl groups is 1. The topological polar surface area (TPSA) is 37.3 Å². The zero-order chi connectivity index (χ0) is 8.70. The molecule has 0 unspecified atom stereocenters. The molecule has 5 heteroatoms. The molecule has 1 saturated carbocycles. The number of hydrogen-bond donors (Lipinski definition) is 1. The lowest BCUT2D eigenvalue weighted by molar-refractivity contribution is -0.253. The smallest absolute Gasteiger partial charge is 0.395 e. The fourth-order valence-corrected chi connectivity index (χ4v) is 1.10. The highest BCUT2D eigenvalue weighted by atomic mass is 19.4. The molecule has 1 rings (SSSR count). The quantitative estimate of drug-likeness (QED) is 0.631. The van der Waals surface area contributed by atoms with E-state index in [0.717, 1.165) is 0 Å². The number of halogens is 3. The molecule has 0 spiro atoms. The molecule has 0 heterocycles. The molecule has 0 amide bonds. The maximum atomic E-state index is 12.0. The summed E-state index contributed by atoms with van der Waals surface area (Å²) in [7, 11) is 0. The summed E-state index contributed by atoms with van der Waals surface area (Å²) >= 11 is 0. The summed E-state index contributed by atoms with van der Waals surface area (Å²) < 4.78 is 36.1. The van der Waals surface area contributed by atoms with Gasteiger partial charge in [0.25, 0.3) is 0 Å². The molecule has 0 aromatic carbocycles. The van der Waals surface area contributed by atoms with E-state index in [0.29, 0.717) is 0 Å². The molecule has 0 bridgehead atoms. The van der Waals surface area contributed by atoms with E-state index in [9.17, 15) is 18.0 Å². The average molecular weight is 168 g/mol. The van der Waals surface area contributed by atoms with Crippen LogP contribution in [0.5, 0.6) is 0 Å². The van der Waals surface area contributed by atoms with Gasteiger partial charge in [-0.15, -0.1) is 0 Å². The van der Waals surface area contributed by atoms with Crippen molar-refractivity contribution in [1.82, 2.24) is 0 Å². The number of carbonyl (C=O) groups excluding carboxylic acids is 1. The van der Waals surface area contributed by atoms with E-state index in [2.05, 4.69) is 0 Å². The first-order chi connectivity index (χ1) is 4.91. The molecule has 0 aromatic rings. The highest BCUT2D eigenvalue weighted by Gasteiger charge is 2.61. The third kappa shape index (κ3) is 1.13. The van der Waals surface area contributed by atoms with Gasteiger partial charge in [0.2, 0.25) is 0 Å². The molecule has 1 aliphatic carbocycles. The van der Waals surface area contributed by atoms with Crippen LogP contribution in [0.15, 0.2) is 0 Å². The van der Waals surface area contributed by atoms with Gasteiger partial charge in [-0.3, -0.25) is 4.79 Å². The molecular formula is C6H7F3O2. The molecule has 1 N–H and O–H groups in total. The van der Waals surface area contributed by atoms with Crippen LogP contribution in [-0.2, 0) is 4.79 Å². The van der Waals surface area contributed by atoms with Crippen molar-refractivity contribution in [2.75, 3.05) is 6.61 Å². The van der Waals surface area contributed by atoms with Crippen molar-refractivity contribution >= 4 is 5.78 Å². The number of aliphatic hydroxyl groups excluding tert-OH is 1. The number of hydrogen-bond acceptors (Lipinski definition) is 2. The van der Waals surface area contributed by atoms with E-state index in [-0.39, 0.29) is 0 Å². The Morgan fingerprint density at radius 2 is 1.91 bits per heavy atom. The molecule has 2 nitrogen and oxygen atoms in total. The van der Waals surface area contributed by atoms with E-state index < -0.39 is 36.8 Å². The zero-order valence-corrected chi connectivity index (χ0v) is 5.61. The fraction of sp³-hybridized carbons (Fsp3) is 0.833. The minimum absolute atomic E-state index is 0.434.